The first-order valence-corrected chi connectivity index (χ1v) is 4.13. The van der Waals surface area contributed by atoms with Crippen LogP contribution in [0, 0.1) is 5.92 Å². The Kier molecular flexibility index (Phi) is 5.24. The summed E-state index contributed by atoms with van der Waals surface area (Å²) in [5.41, 5.74) is 0. The molecule has 0 aliphatic carbocycles. The zero-order valence-electron chi connectivity index (χ0n) is 6.80. The van der Waals surface area contributed by atoms with Gasteiger partial charge in [0.1, 0.15) is 0 Å². The molecule has 0 saturated carbocycles. The zero-order valence-corrected chi connectivity index (χ0v) is 7.56. The van der Waals surface area contributed by atoms with Crippen LogP contribution in [0.25, 0.3) is 0 Å². The van der Waals surface area contributed by atoms with Crippen molar-refractivity contribution in [3.05, 3.63) is 0 Å². The number of aliphatic hydroxyl groups excluding tert-OH is 1. The fourth-order valence-electron chi connectivity index (χ4n) is 0.493. The number of aliphatic hydroxyl groups is 1. The minimum Gasteiger partial charge on any atom is -0.392 e. The van der Waals surface area contributed by atoms with E-state index in [4.69, 9.17) is 16.7 Å². The molecule has 0 fully saturated rings. The van der Waals surface area contributed by atoms with E-state index >= 15 is 0 Å². The van der Waals surface area contributed by atoms with Crippen LogP contribution in [0.15, 0.2) is 0 Å². The molecular weight excluding hydrogens is 166 g/mol. The largest absolute Gasteiger partial charge is 0.392 e. The standard InChI is InChI=1S/C7H14ClNO2/c1-5(3-8)7(11)9-4-6(2)10/h5-6,10H,3-4H2,1-2H3,(H,9,11). The van der Waals surface area contributed by atoms with Gasteiger partial charge in [0.25, 0.3) is 0 Å². The van der Waals surface area contributed by atoms with Crippen molar-refractivity contribution in [3.63, 3.8) is 0 Å². The average molecular weight is 180 g/mol. The molecule has 3 nitrogen and oxygen atoms in total. The van der Waals surface area contributed by atoms with E-state index in [1.807, 2.05) is 0 Å². The maximum Gasteiger partial charge on any atom is 0.224 e. The molecule has 0 radical (unpaired) electrons. The first-order chi connectivity index (χ1) is 5.07. The molecule has 11 heavy (non-hydrogen) atoms. The SMILES string of the molecule is CC(O)CNC(=O)C(C)CCl. The normalized spacial score (nSPS) is 15.6. The molecule has 0 bridgehead atoms. The number of hydrogen-bond acceptors (Lipinski definition) is 2. The summed E-state index contributed by atoms with van der Waals surface area (Å²) >= 11 is 5.44. The van der Waals surface area contributed by atoms with Gasteiger partial charge in [-0.2, -0.15) is 0 Å². The lowest BCUT2D eigenvalue weighted by Crippen LogP contribution is -2.34. The molecule has 2 atom stereocenters. The van der Waals surface area contributed by atoms with E-state index in [2.05, 4.69) is 5.32 Å². The second-order valence-electron chi connectivity index (χ2n) is 2.65. The molecule has 0 heterocycles. The van der Waals surface area contributed by atoms with E-state index in [0.29, 0.717) is 12.4 Å². The van der Waals surface area contributed by atoms with Crippen LogP contribution < -0.4 is 5.32 Å². The van der Waals surface area contributed by atoms with Gasteiger partial charge in [-0.3, -0.25) is 4.79 Å². The Hall–Kier alpha value is -0.280. The first-order valence-electron chi connectivity index (χ1n) is 3.59. The minimum atomic E-state index is -0.499. The van der Waals surface area contributed by atoms with Crippen molar-refractivity contribution in [3.8, 4) is 0 Å². The minimum absolute atomic E-state index is 0.110. The number of carbonyl (C=O) groups excluding carboxylic acids is 1. The number of alkyl halides is 1. The Morgan fingerprint density at radius 1 is 1.64 bits per heavy atom. The van der Waals surface area contributed by atoms with Crippen LogP contribution in [0.3, 0.4) is 0 Å². The highest BCUT2D eigenvalue weighted by atomic mass is 35.5. The van der Waals surface area contributed by atoms with Crippen LogP contribution in [-0.2, 0) is 4.79 Å². The third kappa shape index (κ3) is 5.04. The fraction of sp³-hybridized carbons (Fsp3) is 0.857. The number of hydrogen-bond donors (Lipinski definition) is 2. The van der Waals surface area contributed by atoms with Gasteiger partial charge in [0.15, 0.2) is 0 Å². The lowest BCUT2D eigenvalue weighted by molar-refractivity contribution is -0.124. The van der Waals surface area contributed by atoms with Gasteiger partial charge >= 0.3 is 0 Å². The maximum absolute atomic E-state index is 11.0. The summed E-state index contributed by atoms with van der Waals surface area (Å²) in [7, 11) is 0. The smallest absolute Gasteiger partial charge is 0.224 e. The van der Waals surface area contributed by atoms with E-state index in [-0.39, 0.29) is 11.8 Å². The van der Waals surface area contributed by atoms with Crippen LogP contribution in [0.1, 0.15) is 13.8 Å². The highest BCUT2D eigenvalue weighted by Gasteiger charge is 2.10. The molecular formula is C7H14ClNO2. The number of rotatable bonds is 4. The Balaban J connectivity index is 3.52. The van der Waals surface area contributed by atoms with E-state index in [1.54, 1.807) is 13.8 Å². The molecule has 0 aromatic carbocycles. The molecule has 4 heteroatoms. The molecule has 0 aromatic heterocycles. The highest BCUT2D eigenvalue weighted by molar-refractivity contribution is 6.19. The second kappa shape index (κ2) is 5.38. The van der Waals surface area contributed by atoms with Crippen LogP contribution in [0.2, 0.25) is 0 Å². The summed E-state index contributed by atoms with van der Waals surface area (Å²) < 4.78 is 0. The van der Waals surface area contributed by atoms with Gasteiger partial charge in [0, 0.05) is 18.3 Å². The van der Waals surface area contributed by atoms with Crippen LogP contribution in [-0.4, -0.2) is 29.5 Å². The molecule has 0 aliphatic rings. The number of halogens is 1. The first kappa shape index (κ1) is 10.7. The summed E-state index contributed by atoms with van der Waals surface area (Å²) in [5.74, 6) is 0.0161. The van der Waals surface area contributed by atoms with E-state index in [1.165, 1.54) is 0 Å². The van der Waals surface area contributed by atoms with Gasteiger partial charge in [-0.15, -0.1) is 11.6 Å². The van der Waals surface area contributed by atoms with Crippen LogP contribution in [0.4, 0.5) is 0 Å². The molecule has 0 saturated heterocycles. The van der Waals surface area contributed by atoms with Gasteiger partial charge in [0.2, 0.25) is 5.91 Å². The Labute approximate surface area is 71.7 Å². The maximum atomic E-state index is 11.0. The second-order valence-corrected chi connectivity index (χ2v) is 2.96. The van der Waals surface area contributed by atoms with Gasteiger partial charge in [-0.1, -0.05) is 6.92 Å². The van der Waals surface area contributed by atoms with Crippen molar-refractivity contribution >= 4 is 17.5 Å². The third-order valence-electron chi connectivity index (χ3n) is 1.25. The van der Waals surface area contributed by atoms with Crippen molar-refractivity contribution in [1.82, 2.24) is 5.32 Å². The molecule has 0 rings (SSSR count). The number of amides is 1. The lowest BCUT2D eigenvalue weighted by atomic mass is 10.2. The number of carbonyl (C=O) groups is 1. The van der Waals surface area contributed by atoms with Crippen LogP contribution in [0.5, 0.6) is 0 Å². The van der Waals surface area contributed by atoms with Crippen molar-refractivity contribution in [2.24, 2.45) is 5.92 Å². The lowest BCUT2D eigenvalue weighted by Gasteiger charge is -2.09. The summed E-state index contributed by atoms with van der Waals surface area (Å²) in [4.78, 5) is 11.0. The summed E-state index contributed by atoms with van der Waals surface area (Å²) in [5, 5.41) is 11.4. The Bertz CT molecular complexity index is 128. The van der Waals surface area contributed by atoms with Gasteiger partial charge in [0.05, 0.1) is 6.10 Å². The fourth-order valence-corrected chi connectivity index (χ4v) is 0.633. The molecule has 0 spiro atoms. The summed E-state index contributed by atoms with van der Waals surface area (Å²) in [6, 6.07) is 0. The predicted molar refractivity (Wildman–Crippen MR) is 44.6 cm³/mol. The Morgan fingerprint density at radius 2 is 2.18 bits per heavy atom. The third-order valence-corrected chi connectivity index (χ3v) is 1.71. The molecule has 1 amide bonds. The molecule has 0 aromatic rings. The van der Waals surface area contributed by atoms with Crippen LogP contribution >= 0.6 is 11.6 Å². The van der Waals surface area contributed by atoms with Crippen molar-refractivity contribution in [1.29, 1.82) is 0 Å². The van der Waals surface area contributed by atoms with E-state index < -0.39 is 6.10 Å². The molecule has 0 aliphatic heterocycles. The van der Waals surface area contributed by atoms with E-state index in [9.17, 15) is 4.79 Å². The predicted octanol–water partition coefficient (Wildman–Crippen LogP) is 0.358. The van der Waals surface area contributed by atoms with Gasteiger partial charge < -0.3 is 10.4 Å². The highest BCUT2D eigenvalue weighted by Crippen LogP contribution is 1.96. The van der Waals surface area contributed by atoms with Gasteiger partial charge in [-0.05, 0) is 6.92 Å². The summed E-state index contributed by atoms with van der Waals surface area (Å²) in [6.07, 6.45) is -0.499. The monoisotopic (exact) mass is 179 g/mol. The number of nitrogens with one attached hydrogen (secondary N) is 1. The van der Waals surface area contributed by atoms with Crippen molar-refractivity contribution in [2.45, 2.75) is 20.0 Å². The van der Waals surface area contributed by atoms with Crippen molar-refractivity contribution < 1.29 is 9.90 Å². The average Bonchev–Trinajstić information content (AvgIpc) is 1.98. The quantitative estimate of drug-likeness (QED) is 0.613. The summed E-state index contributed by atoms with van der Waals surface area (Å²) in [6.45, 7) is 3.65. The molecule has 2 unspecified atom stereocenters. The van der Waals surface area contributed by atoms with Gasteiger partial charge in [-0.25, -0.2) is 0 Å². The van der Waals surface area contributed by atoms with E-state index in [0.717, 1.165) is 0 Å². The molecule has 2 N–H and O–H groups in total. The molecule has 66 valence electrons. The Morgan fingerprint density at radius 3 is 2.55 bits per heavy atom. The van der Waals surface area contributed by atoms with Crippen molar-refractivity contribution in [2.75, 3.05) is 12.4 Å². The zero-order chi connectivity index (χ0) is 8.85. The topological polar surface area (TPSA) is 49.3 Å².